The molecule has 0 aromatic carbocycles. The predicted octanol–water partition coefficient (Wildman–Crippen LogP) is 2.31. The lowest BCUT2D eigenvalue weighted by molar-refractivity contribution is 0.718. The zero-order chi connectivity index (χ0) is 11.5. The number of halogens is 1. The fourth-order valence-electron chi connectivity index (χ4n) is 1.80. The van der Waals surface area contributed by atoms with Gasteiger partial charge in [-0.1, -0.05) is 13.3 Å². The summed E-state index contributed by atoms with van der Waals surface area (Å²) < 4.78 is 1.75. The van der Waals surface area contributed by atoms with E-state index in [1.54, 1.807) is 17.2 Å². The van der Waals surface area contributed by atoms with Crippen molar-refractivity contribution in [3.63, 3.8) is 0 Å². The molecule has 0 aliphatic rings. The van der Waals surface area contributed by atoms with Crippen LogP contribution < -0.4 is 0 Å². The summed E-state index contributed by atoms with van der Waals surface area (Å²) in [6.07, 6.45) is 6.26. The summed E-state index contributed by atoms with van der Waals surface area (Å²) in [6, 6.07) is 0. The van der Waals surface area contributed by atoms with Gasteiger partial charge < -0.3 is 0 Å². The van der Waals surface area contributed by atoms with E-state index in [2.05, 4.69) is 22.0 Å². The lowest BCUT2D eigenvalue weighted by atomic mass is 10.1. The Morgan fingerprint density at radius 3 is 3.00 bits per heavy atom. The fourth-order valence-corrected chi connectivity index (χ4v) is 2.16. The molecule has 0 N–H and O–H groups in total. The molecule has 4 nitrogen and oxygen atoms in total. The number of hydrogen-bond donors (Lipinski definition) is 0. The minimum atomic E-state index is 0.142. The minimum absolute atomic E-state index is 0.142. The summed E-state index contributed by atoms with van der Waals surface area (Å²) in [5.74, 6) is 0. The van der Waals surface area contributed by atoms with Crippen molar-refractivity contribution < 1.29 is 0 Å². The number of alkyl halides is 1. The third kappa shape index (κ3) is 2.16. The van der Waals surface area contributed by atoms with E-state index in [4.69, 9.17) is 11.6 Å². The number of nitrogens with zero attached hydrogens (tertiary/aromatic N) is 4. The van der Waals surface area contributed by atoms with Crippen molar-refractivity contribution in [3.8, 4) is 0 Å². The fraction of sp³-hybridized carbons (Fsp3) is 0.545. The van der Waals surface area contributed by atoms with Gasteiger partial charge in [0.2, 0.25) is 0 Å². The lowest BCUT2D eigenvalue weighted by Gasteiger charge is -2.07. The van der Waals surface area contributed by atoms with Crippen LogP contribution in [-0.2, 0) is 13.5 Å². The molecule has 0 amide bonds. The van der Waals surface area contributed by atoms with E-state index in [0.29, 0.717) is 0 Å². The molecule has 0 fully saturated rings. The van der Waals surface area contributed by atoms with Gasteiger partial charge in [-0.15, -0.1) is 11.6 Å². The molecular weight excluding hydrogens is 224 g/mol. The van der Waals surface area contributed by atoms with E-state index in [0.717, 1.165) is 36.0 Å². The summed E-state index contributed by atoms with van der Waals surface area (Å²) in [5.41, 5.74) is 1.86. The van der Waals surface area contributed by atoms with Crippen molar-refractivity contribution in [1.82, 2.24) is 19.7 Å². The summed E-state index contributed by atoms with van der Waals surface area (Å²) in [6.45, 7) is 2.13. The zero-order valence-corrected chi connectivity index (χ0v) is 10.3. The van der Waals surface area contributed by atoms with Crippen molar-refractivity contribution in [3.05, 3.63) is 18.2 Å². The number of hydrogen-bond acceptors (Lipinski definition) is 3. The molecule has 0 spiro atoms. The normalized spacial score (nSPS) is 13.2. The first-order valence-electron chi connectivity index (χ1n) is 5.48. The number of fused-ring (bicyclic) bond motifs is 1. The Morgan fingerprint density at radius 1 is 1.44 bits per heavy atom. The van der Waals surface area contributed by atoms with Crippen LogP contribution in [0.15, 0.2) is 12.5 Å². The lowest BCUT2D eigenvalue weighted by Crippen LogP contribution is -2.05. The van der Waals surface area contributed by atoms with E-state index in [1.165, 1.54) is 0 Å². The smallest absolute Gasteiger partial charge is 0.161 e. The van der Waals surface area contributed by atoms with Crippen LogP contribution >= 0.6 is 11.6 Å². The van der Waals surface area contributed by atoms with Gasteiger partial charge >= 0.3 is 0 Å². The predicted molar refractivity (Wildman–Crippen MR) is 64.6 cm³/mol. The Morgan fingerprint density at radius 2 is 2.25 bits per heavy atom. The first kappa shape index (κ1) is 11.3. The molecule has 0 radical (unpaired) electrons. The average Bonchev–Trinajstić information content (AvgIpc) is 2.62. The summed E-state index contributed by atoms with van der Waals surface area (Å²) in [7, 11) is 1.88. The van der Waals surface area contributed by atoms with Crippen LogP contribution in [0.25, 0.3) is 11.0 Å². The van der Waals surface area contributed by atoms with Gasteiger partial charge in [0.05, 0.1) is 17.3 Å². The highest BCUT2D eigenvalue weighted by Crippen LogP contribution is 2.18. The third-order valence-corrected chi connectivity index (χ3v) is 3.00. The Bertz CT molecular complexity index is 480. The average molecular weight is 239 g/mol. The van der Waals surface area contributed by atoms with Gasteiger partial charge in [-0.3, -0.25) is 4.68 Å². The first-order chi connectivity index (χ1) is 7.72. The largest absolute Gasteiger partial charge is 0.250 e. The summed E-state index contributed by atoms with van der Waals surface area (Å²) in [4.78, 5) is 8.49. The van der Waals surface area contributed by atoms with Crippen LogP contribution in [0.5, 0.6) is 0 Å². The van der Waals surface area contributed by atoms with Crippen LogP contribution in [0, 0.1) is 0 Å². The van der Waals surface area contributed by atoms with E-state index < -0.39 is 0 Å². The molecule has 86 valence electrons. The molecule has 1 unspecified atom stereocenters. The molecule has 2 rings (SSSR count). The highest BCUT2D eigenvalue weighted by Gasteiger charge is 2.11. The van der Waals surface area contributed by atoms with Gasteiger partial charge in [-0.05, 0) is 6.42 Å². The second kappa shape index (κ2) is 4.78. The molecule has 2 aromatic rings. The maximum absolute atomic E-state index is 6.24. The van der Waals surface area contributed by atoms with Crippen molar-refractivity contribution in [1.29, 1.82) is 0 Å². The Labute approximate surface area is 99.7 Å². The summed E-state index contributed by atoms with van der Waals surface area (Å²) >= 11 is 6.24. The third-order valence-electron chi connectivity index (χ3n) is 2.63. The Balaban J connectivity index is 2.30. The SMILES string of the molecule is CCCC(Cl)Cc1ncnc2c1cnn2C. The highest BCUT2D eigenvalue weighted by atomic mass is 35.5. The number of aryl methyl sites for hydroxylation is 1. The molecule has 1 atom stereocenters. The zero-order valence-electron chi connectivity index (χ0n) is 9.52. The van der Waals surface area contributed by atoms with Crippen LogP contribution in [0.1, 0.15) is 25.5 Å². The topological polar surface area (TPSA) is 43.6 Å². The second-order valence-corrected chi connectivity index (χ2v) is 4.53. The first-order valence-corrected chi connectivity index (χ1v) is 5.91. The van der Waals surface area contributed by atoms with Gasteiger partial charge in [0.25, 0.3) is 0 Å². The van der Waals surface area contributed by atoms with Gasteiger partial charge in [-0.2, -0.15) is 5.10 Å². The molecule has 5 heteroatoms. The van der Waals surface area contributed by atoms with Crippen LogP contribution in [0.4, 0.5) is 0 Å². The molecule has 0 aliphatic carbocycles. The van der Waals surface area contributed by atoms with Crippen LogP contribution in [0.3, 0.4) is 0 Å². The van der Waals surface area contributed by atoms with Gasteiger partial charge in [0.15, 0.2) is 5.65 Å². The van der Waals surface area contributed by atoms with Gasteiger partial charge in [0.1, 0.15) is 6.33 Å². The van der Waals surface area contributed by atoms with E-state index in [9.17, 15) is 0 Å². The highest BCUT2D eigenvalue weighted by molar-refractivity contribution is 6.20. The monoisotopic (exact) mass is 238 g/mol. The van der Waals surface area contributed by atoms with Crippen molar-refractivity contribution in [2.45, 2.75) is 31.6 Å². The molecular formula is C11H15ClN4. The molecule has 2 aromatic heterocycles. The standard InChI is InChI=1S/C11H15ClN4/c1-3-4-8(12)5-10-9-6-15-16(2)11(9)14-7-13-10/h6-8H,3-5H2,1-2H3. The Hall–Kier alpha value is -1.16. The van der Waals surface area contributed by atoms with Crippen LogP contribution in [-0.4, -0.2) is 25.1 Å². The maximum atomic E-state index is 6.24. The Kier molecular flexibility index (Phi) is 3.39. The van der Waals surface area contributed by atoms with E-state index in [-0.39, 0.29) is 5.38 Å². The van der Waals surface area contributed by atoms with Crippen molar-refractivity contribution in [2.75, 3.05) is 0 Å². The van der Waals surface area contributed by atoms with Crippen molar-refractivity contribution >= 4 is 22.6 Å². The molecule has 0 bridgehead atoms. The van der Waals surface area contributed by atoms with Gasteiger partial charge in [0, 0.05) is 18.8 Å². The molecule has 0 saturated heterocycles. The molecule has 0 aliphatic heterocycles. The maximum Gasteiger partial charge on any atom is 0.161 e. The molecule has 16 heavy (non-hydrogen) atoms. The molecule has 2 heterocycles. The molecule has 0 saturated carbocycles. The number of aromatic nitrogens is 4. The van der Waals surface area contributed by atoms with Crippen molar-refractivity contribution in [2.24, 2.45) is 7.05 Å². The van der Waals surface area contributed by atoms with Crippen LogP contribution in [0.2, 0.25) is 0 Å². The minimum Gasteiger partial charge on any atom is -0.250 e. The number of rotatable bonds is 4. The summed E-state index contributed by atoms with van der Waals surface area (Å²) in [5, 5.41) is 5.33. The van der Waals surface area contributed by atoms with E-state index in [1.807, 2.05) is 7.05 Å². The van der Waals surface area contributed by atoms with Gasteiger partial charge in [-0.25, -0.2) is 9.97 Å². The van der Waals surface area contributed by atoms with E-state index >= 15 is 0 Å². The second-order valence-electron chi connectivity index (χ2n) is 3.92. The quantitative estimate of drug-likeness (QED) is 0.768.